The quantitative estimate of drug-likeness (QED) is 0.129. The number of benzene rings is 1. The first-order valence-electron chi connectivity index (χ1n) is 13.9. The van der Waals surface area contributed by atoms with Gasteiger partial charge in [-0.2, -0.15) is 0 Å². The normalized spacial score (nSPS) is 21.4. The third-order valence-electron chi connectivity index (χ3n) is 7.80. The van der Waals surface area contributed by atoms with Crippen molar-refractivity contribution in [1.82, 2.24) is 20.0 Å². The average Bonchev–Trinajstić information content (AvgIpc) is 2.94. The molecule has 0 radical (unpaired) electrons. The Kier molecular flexibility index (Phi) is 12.1. The monoisotopic (exact) mass is 578 g/mol. The number of rotatable bonds is 10. The zero-order valence-corrected chi connectivity index (χ0v) is 25.0. The summed E-state index contributed by atoms with van der Waals surface area (Å²) >= 11 is 12.7. The Morgan fingerprint density at radius 2 is 2.00 bits per heavy atom. The number of aliphatic hydroxyl groups is 1. The van der Waals surface area contributed by atoms with Crippen molar-refractivity contribution in [2.24, 2.45) is 10.7 Å². The van der Waals surface area contributed by atoms with Crippen molar-refractivity contribution in [3.8, 4) is 0 Å². The van der Waals surface area contributed by atoms with Gasteiger partial charge in [-0.1, -0.05) is 30.7 Å². The summed E-state index contributed by atoms with van der Waals surface area (Å²) in [4.78, 5) is 24.3. The van der Waals surface area contributed by atoms with Gasteiger partial charge in [-0.25, -0.2) is 4.99 Å². The van der Waals surface area contributed by atoms with Gasteiger partial charge < -0.3 is 21.1 Å². The van der Waals surface area contributed by atoms with E-state index in [9.17, 15) is 9.90 Å². The molecule has 216 valence electrons. The number of nitrogens with one attached hydrogen (secondary N) is 1. The van der Waals surface area contributed by atoms with E-state index in [0.717, 1.165) is 69.7 Å². The van der Waals surface area contributed by atoms with E-state index in [1.54, 1.807) is 13.0 Å². The van der Waals surface area contributed by atoms with Gasteiger partial charge in [-0.05, 0) is 69.5 Å². The highest BCUT2D eigenvalue weighted by Crippen LogP contribution is 2.26. The second-order valence-corrected chi connectivity index (χ2v) is 11.5. The minimum atomic E-state index is -0.337. The number of carbonyl (C=O) groups is 1. The van der Waals surface area contributed by atoms with E-state index in [4.69, 9.17) is 28.9 Å². The van der Waals surface area contributed by atoms with E-state index in [2.05, 4.69) is 38.5 Å². The van der Waals surface area contributed by atoms with Crippen LogP contribution in [0.1, 0.15) is 51.2 Å². The van der Waals surface area contributed by atoms with Gasteiger partial charge in [0.15, 0.2) is 0 Å². The maximum Gasteiger partial charge on any atom is 0.250 e. The number of aliphatic imine (C=N–C) groups is 1. The molecule has 2 saturated heterocycles. The molecule has 2 aliphatic rings. The van der Waals surface area contributed by atoms with E-state index in [1.165, 1.54) is 0 Å². The molecule has 2 fully saturated rings. The van der Waals surface area contributed by atoms with Crippen molar-refractivity contribution in [3.05, 3.63) is 58.4 Å². The molecule has 1 aromatic rings. The Labute approximate surface area is 243 Å². The number of likely N-dealkylation sites (tertiary alicyclic amines) is 1. The summed E-state index contributed by atoms with van der Waals surface area (Å²) in [5, 5.41) is 12.8. The second kappa shape index (κ2) is 15.1. The number of piperazine rings is 1. The molecule has 2 atom stereocenters. The van der Waals surface area contributed by atoms with Crippen molar-refractivity contribution >= 4 is 34.9 Å². The molecule has 3 rings (SSSR count). The van der Waals surface area contributed by atoms with E-state index in [0.29, 0.717) is 35.1 Å². The minimum absolute atomic E-state index is 0.00451. The van der Waals surface area contributed by atoms with Crippen LogP contribution in [-0.4, -0.2) is 88.3 Å². The van der Waals surface area contributed by atoms with Crippen LogP contribution in [0.25, 0.3) is 0 Å². The summed E-state index contributed by atoms with van der Waals surface area (Å²) in [6.45, 7) is 15.2. The van der Waals surface area contributed by atoms with Crippen molar-refractivity contribution in [1.29, 1.82) is 0 Å². The van der Waals surface area contributed by atoms with E-state index in [-0.39, 0.29) is 23.7 Å². The molecule has 10 heteroatoms. The number of amidine groups is 1. The number of carbonyl (C=O) groups excluding carboxylic acids is 1. The van der Waals surface area contributed by atoms with Crippen LogP contribution in [0.2, 0.25) is 5.02 Å². The third kappa shape index (κ3) is 8.44. The number of piperidine rings is 1. The average molecular weight is 580 g/mol. The standard InChI is InChI=1S/C29H44Cl2N6O2/c1-5-11-33-29(39)20(3)27(32)34-28(21(4)30)36-14-15-37(25(6-2)18-36)26-9-12-35(13-10-26)17-22-7-8-24(31)16-23(22)19-38/h5,7-8,16,21,25-26,38H,1,6,9-15,17-19,32H2,2-4H3,(H,33,39)/b27-20+,34-28?/t21?,25-/m0/s1. The molecule has 4 N–H and O–H groups in total. The van der Waals surface area contributed by atoms with Crippen LogP contribution < -0.4 is 11.1 Å². The smallest absolute Gasteiger partial charge is 0.250 e. The summed E-state index contributed by atoms with van der Waals surface area (Å²) in [5.74, 6) is 0.636. The molecule has 2 heterocycles. The minimum Gasteiger partial charge on any atom is -0.392 e. The molecule has 0 aromatic heterocycles. The van der Waals surface area contributed by atoms with Crippen LogP contribution in [0, 0.1) is 0 Å². The Balaban J connectivity index is 1.63. The van der Waals surface area contributed by atoms with Gasteiger partial charge in [0.05, 0.1) is 17.6 Å². The fraction of sp³-hybridized carbons (Fsp3) is 0.586. The largest absolute Gasteiger partial charge is 0.392 e. The molecule has 1 aromatic carbocycles. The zero-order chi connectivity index (χ0) is 28.5. The first-order valence-corrected chi connectivity index (χ1v) is 14.7. The fourth-order valence-electron chi connectivity index (χ4n) is 5.50. The first kappa shape index (κ1) is 31.4. The number of nitrogens with zero attached hydrogens (tertiary/aromatic N) is 4. The molecule has 0 aliphatic carbocycles. The molecule has 1 unspecified atom stereocenters. The summed E-state index contributed by atoms with van der Waals surface area (Å²) in [5.41, 5.74) is 8.64. The van der Waals surface area contributed by atoms with Crippen molar-refractivity contribution < 1.29 is 9.90 Å². The first-order chi connectivity index (χ1) is 18.7. The van der Waals surface area contributed by atoms with Crippen molar-refractivity contribution in [3.63, 3.8) is 0 Å². The number of alkyl halides is 1. The van der Waals surface area contributed by atoms with Crippen LogP contribution in [0.15, 0.2) is 47.2 Å². The van der Waals surface area contributed by atoms with E-state index in [1.807, 2.05) is 25.1 Å². The number of hydrogen-bond acceptors (Lipinski definition) is 6. The summed E-state index contributed by atoms with van der Waals surface area (Å²) in [6.07, 6.45) is 4.87. The lowest BCUT2D eigenvalue weighted by Crippen LogP contribution is -2.60. The van der Waals surface area contributed by atoms with Crippen molar-refractivity contribution in [2.75, 3.05) is 39.3 Å². The second-order valence-electron chi connectivity index (χ2n) is 10.4. The molecular formula is C29H44Cl2N6O2. The number of halogens is 2. The van der Waals surface area contributed by atoms with E-state index >= 15 is 0 Å². The van der Waals surface area contributed by atoms with E-state index < -0.39 is 0 Å². The Morgan fingerprint density at radius 3 is 2.62 bits per heavy atom. The summed E-state index contributed by atoms with van der Waals surface area (Å²) in [7, 11) is 0. The molecule has 1 amide bonds. The van der Waals surface area contributed by atoms with Gasteiger partial charge in [0.25, 0.3) is 5.91 Å². The highest BCUT2D eigenvalue weighted by atomic mass is 35.5. The SMILES string of the molecule is C=CCNC(=O)/C(C)=C(\N)N=C(C(C)Cl)N1CCN(C2CCN(Cc3ccc(Cl)cc3CO)CC2)[C@@H](CC)C1. The molecule has 0 bridgehead atoms. The molecule has 39 heavy (non-hydrogen) atoms. The van der Waals surface area contributed by atoms with Crippen LogP contribution in [0.3, 0.4) is 0 Å². The van der Waals surface area contributed by atoms with Gasteiger partial charge in [0.2, 0.25) is 0 Å². The number of aliphatic hydroxyl groups excluding tert-OH is 1. The Bertz CT molecular complexity index is 1050. The lowest BCUT2D eigenvalue weighted by molar-refractivity contribution is -0.117. The van der Waals surface area contributed by atoms with Crippen molar-refractivity contribution in [2.45, 2.75) is 70.6 Å². The number of amides is 1. The van der Waals surface area contributed by atoms with Gasteiger partial charge in [0.1, 0.15) is 11.7 Å². The fourth-order valence-corrected chi connectivity index (χ4v) is 5.88. The lowest BCUT2D eigenvalue weighted by atomic mass is 9.97. The van der Waals surface area contributed by atoms with Crippen LogP contribution in [0.4, 0.5) is 0 Å². The van der Waals surface area contributed by atoms with Crippen LogP contribution in [-0.2, 0) is 17.9 Å². The molecule has 2 aliphatic heterocycles. The Morgan fingerprint density at radius 1 is 1.28 bits per heavy atom. The predicted molar refractivity (Wildman–Crippen MR) is 161 cm³/mol. The highest BCUT2D eigenvalue weighted by Gasteiger charge is 2.34. The Hall–Kier alpha value is -2.10. The van der Waals surface area contributed by atoms with Gasteiger partial charge in [-0.3, -0.25) is 14.6 Å². The summed E-state index contributed by atoms with van der Waals surface area (Å²) < 4.78 is 0. The third-order valence-corrected chi connectivity index (χ3v) is 8.24. The maximum atomic E-state index is 12.3. The van der Waals surface area contributed by atoms with Gasteiger partial charge in [0, 0.05) is 49.8 Å². The van der Waals surface area contributed by atoms with Crippen LogP contribution >= 0.6 is 23.2 Å². The number of hydrogen-bond donors (Lipinski definition) is 3. The summed E-state index contributed by atoms with van der Waals surface area (Å²) in [6, 6.07) is 6.70. The molecule has 0 saturated carbocycles. The van der Waals surface area contributed by atoms with Gasteiger partial charge in [-0.15, -0.1) is 18.2 Å². The van der Waals surface area contributed by atoms with Crippen LogP contribution in [0.5, 0.6) is 0 Å². The topological polar surface area (TPSA) is 97.4 Å². The highest BCUT2D eigenvalue weighted by molar-refractivity contribution is 6.31. The molecular weight excluding hydrogens is 535 g/mol. The lowest BCUT2D eigenvalue weighted by Gasteiger charge is -2.48. The maximum absolute atomic E-state index is 12.3. The number of nitrogens with two attached hydrogens (primary N) is 1. The molecule has 0 spiro atoms. The molecule has 8 nitrogen and oxygen atoms in total. The zero-order valence-electron chi connectivity index (χ0n) is 23.5. The van der Waals surface area contributed by atoms with Gasteiger partial charge >= 0.3 is 0 Å². The predicted octanol–water partition coefficient (Wildman–Crippen LogP) is 3.71.